The molecule has 3 rings (SSSR count). The molecule has 30 heavy (non-hydrogen) atoms. The molecule has 2 unspecified atom stereocenters. The first-order chi connectivity index (χ1) is 13.9. The third-order valence-corrected chi connectivity index (χ3v) is 5.18. The second-order valence-corrected chi connectivity index (χ2v) is 7.93. The maximum atomic E-state index is 13.2. The maximum Gasteiger partial charge on any atom is 0.414 e. The second-order valence-electron chi connectivity index (χ2n) is 7.50. The monoisotopic (exact) mass is 439 g/mol. The molecule has 1 aliphatic heterocycles. The number of alkyl halides is 3. The fourth-order valence-corrected chi connectivity index (χ4v) is 3.42. The number of hydrogen-bond donors (Lipinski definition) is 2. The highest BCUT2D eigenvalue weighted by Gasteiger charge is 2.49. The fourth-order valence-electron chi connectivity index (χ4n) is 3.24. The lowest BCUT2D eigenvalue weighted by Crippen LogP contribution is -2.53. The van der Waals surface area contributed by atoms with Gasteiger partial charge in [0.15, 0.2) is 6.10 Å². The molecule has 0 aliphatic carbocycles. The molecule has 1 heterocycles. The third-order valence-electron chi connectivity index (χ3n) is 4.95. The number of fused-ring (bicyclic) bond motifs is 1. The molecule has 2 N–H and O–H groups in total. The maximum absolute atomic E-state index is 13.2. The Balaban J connectivity index is 2.22. The third kappa shape index (κ3) is 4.32. The standard InChI is InChI=1S/C22H21ClF3NO3/c1-12(2)14-5-4-6-15(9-14)18-11-21(20(28)29,30-13(3)22(24,25)26)27-19-8-7-16(23)10-17(18)19/h4-13,27H,1-3H3,(H,28,29). The molecular weight excluding hydrogens is 419 g/mol. The van der Waals surface area contributed by atoms with Gasteiger partial charge in [-0.1, -0.05) is 49.7 Å². The van der Waals surface area contributed by atoms with Crippen molar-refractivity contribution in [1.29, 1.82) is 0 Å². The number of nitrogens with one attached hydrogen (secondary N) is 1. The molecular formula is C22H21ClF3NO3. The molecule has 2 aromatic rings. The van der Waals surface area contributed by atoms with Crippen LogP contribution in [0.1, 0.15) is 43.4 Å². The van der Waals surface area contributed by atoms with Crippen molar-refractivity contribution in [3.05, 3.63) is 70.3 Å². The molecule has 160 valence electrons. The molecule has 0 aromatic heterocycles. The highest BCUT2D eigenvalue weighted by Crippen LogP contribution is 2.41. The van der Waals surface area contributed by atoms with Crippen LogP contribution in [-0.2, 0) is 9.53 Å². The van der Waals surface area contributed by atoms with Crippen molar-refractivity contribution in [3.63, 3.8) is 0 Å². The average Bonchev–Trinajstić information content (AvgIpc) is 2.67. The van der Waals surface area contributed by atoms with E-state index in [9.17, 15) is 23.1 Å². The lowest BCUT2D eigenvalue weighted by molar-refractivity contribution is -0.237. The summed E-state index contributed by atoms with van der Waals surface area (Å²) >= 11 is 6.14. The van der Waals surface area contributed by atoms with Crippen LogP contribution < -0.4 is 5.32 Å². The first kappa shape index (κ1) is 22.2. The van der Waals surface area contributed by atoms with Crippen molar-refractivity contribution < 1.29 is 27.8 Å². The summed E-state index contributed by atoms with van der Waals surface area (Å²) in [5.41, 5.74) is 0.553. The van der Waals surface area contributed by atoms with E-state index in [-0.39, 0.29) is 5.92 Å². The minimum absolute atomic E-state index is 0.205. The number of benzene rings is 2. The summed E-state index contributed by atoms with van der Waals surface area (Å²) < 4.78 is 44.6. The Morgan fingerprint density at radius 3 is 2.47 bits per heavy atom. The van der Waals surface area contributed by atoms with E-state index in [0.29, 0.717) is 27.4 Å². The van der Waals surface area contributed by atoms with Gasteiger partial charge in [0.25, 0.3) is 5.72 Å². The first-order valence-corrected chi connectivity index (χ1v) is 9.70. The molecule has 1 aliphatic rings. The van der Waals surface area contributed by atoms with Crippen LogP contribution in [0.5, 0.6) is 0 Å². The van der Waals surface area contributed by atoms with Crippen LogP contribution in [-0.4, -0.2) is 29.1 Å². The first-order valence-electron chi connectivity index (χ1n) is 9.32. The lowest BCUT2D eigenvalue weighted by atomic mass is 9.88. The number of anilines is 1. The van der Waals surface area contributed by atoms with Crippen LogP contribution in [0.25, 0.3) is 5.57 Å². The van der Waals surface area contributed by atoms with Gasteiger partial charge in [-0.3, -0.25) is 0 Å². The molecule has 8 heteroatoms. The minimum Gasteiger partial charge on any atom is -0.477 e. The SMILES string of the molecule is CC(C)c1cccc(C2=CC(OC(C)C(F)(F)F)(C(=O)O)Nc3ccc(Cl)cc32)c1. The van der Waals surface area contributed by atoms with E-state index in [4.69, 9.17) is 16.3 Å². The van der Waals surface area contributed by atoms with Crippen LogP contribution in [0.15, 0.2) is 48.5 Å². The molecule has 0 radical (unpaired) electrons. The zero-order valence-electron chi connectivity index (χ0n) is 16.5. The van der Waals surface area contributed by atoms with Gasteiger partial charge in [-0.2, -0.15) is 13.2 Å². The van der Waals surface area contributed by atoms with E-state index < -0.39 is 24.0 Å². The quantitative estimate of drug-likeness (QED) is 0.593. The molecule has 0 amide bonds. The van der Waals surface area contributed by atoms with Crippen LogP contribution in [0.2, 0.25) is 5.02 Å². The number of carboxylic acid groups (broad SMARTS) is 1. The number of aliphatic carboxylic acids is 1. The van der Waals surface area contributed by atoms with Crippen molar-refractivity contribution in [2.75, 3.05) is 5.32 Å². The number of rotatable bonds is 5. The Hall–Kier alpha value is -2.51. The van der Waals surface area contributed by atoms with Gasteiger partial charge >= 0.3 is 12.1 Å². The minimum atomic E-state index is -4.73. The van der Waals surface area contributed by atoms with Gasteiger partial charge in [0, 0.05) is 16.3 Å². The zero-order chi connectivity index (χ0) is 22.3. The summed E-state index contributed by atoms with van der Waals surface area (Å²) in [4.78, 5) is 12.1. The van der Waals surface area contributed by atoms with Crippen molar-refractivity contribution in [2.24, 2.45) is 0 Å². The molecule has 4 nitrogen and oxygen atoms in total. The molecule has 2 atom stereocenters. The molecule has 0 saturated carbocycles. The Labute approximate surface area is 177 Å². The van der Waals surface area contributed by atoms with Crippen molar-refractivity contribution in [1.82, 2.24) is 0 Å². The number of halogens is 4. The van der Waals surface area contributed by atoms with Crippen LogP contribution in [0, 0.1) is 0 Å². The van der Waals surface area contributed by atoms with Crippen molar-refractivity contribution >= 4 is 28.8 Å². The number of carbonyl (C=O) groups is 1. The molecule has 0 fully saturated rings. The average molecular weight is 440 g/mol. The largest absolute Gasteiger partial charge is 0.477 e. The van der Waals surface area contributed by atoms with Gasteiger partial charge in [0.2, 0.25) is 0 Å². The Kier molecular flexibility index (Phi) is 5.89. The van der Waals surface area contributed by atoms with E-state index in [0.717, 1.165) is 12.5 Å². The second kappa shape index (κ2) is 7.96. The molecule has 0 bridgehead atoms. The van der Waals surface area contributed by atoms with E-state index >= 15 is 0 Å². The van der Waals surface area contributed by atoms with Crippen LogP contribution >= 0.6 is 11.6 Å². The number of carboxylic acids is 1. The van der Waals surface area contributed by atoms with E-state index in [1.807, 2.05) is 32.0 Å². The molecule has 0 spiro atoms. The zero-order valence-corrected chi connectivity index (χ0v) is 17.3. The summed E-state index contributed by atoms with van der Waals surface area (Å²) in [6, 6.07) is 12.1. The van der Waals surface area contributed by atoms with Crippen molar-refractivity contribution in [3.8, 4) is 0 Å². The summed E-state index contributed by atoms with van der Waals surface area (Å²) in [6.45, 7) is 4.80. The Bertz CT molecular complexity index is 1000. The van der Waals surface area contributed by atoms with Crippen molar-refractivity contribution in [2.45, 2.75) is 44.7 Å². The highest BCUT2D eigenvalue weighted by molar-refractivity contribution is 6.31. The topological polar surface area (TPSA) is 58.6 Å². The summed E-state index contributed by atoms with van der Waals surface area (Å²) in [7, 11) is 0. The van der Waals surface area contributed by atoms with E-state index in [1.54, 1.807) is 12.1 Å². The van der Waals surface area contributed by atoms with Gasteiger partial charge in [0.05, 0.1) is 0 Å². The summed E-state index contributed by atoms with van der Waals surface area (Å²) in [5, 5.41) is 12.9. The predicted molar refractivity (Wildman–Crippen MR) is 110 cm³/mol. The van der Waals surface area contributed by atoms with E-state index in [2.05, 4.69) is 5.32 Å². The summed E-state index contributed by atoms with van der Waals surface area (Å²) in [6.07, 6.45) is -5.86. The Morgan fingerprint density at radius 2 is 1.87 bits per heavy atom. The van der Waals surface area contributed by atoms with Crippen LogP contribution in [0.4, 0.5) is 18.9 Å². The van der Waals surface area contributed by atoms with Gasteiger partial charge in [0.1, 0.15) is 0 Å². The van der Waals surface area contributed by atoms with Crippen LogP contribution in [0.3, 0.4) is 0 Å². The fraction of sp³-hybridized carbons (Fsp3) is 0.318. The molecule has 0 saturated heterocycles. The lowest BCUT2D eigenvalue weighted by Gasteiger charge is -2.37. The Morgan fingerprint density at radius 1 is 1.17 bits per heavy atom. The van der Waals surface area contributed by atoms with Gasteiger partial charge in [-0.15, -0.1) is 0 Å². The predicted octanol–water partition coefficient (Wildman–Crippen LogP) is 6.07. The number of hydrogen-bond acceptors (Lipinski definition) is 3. The van der Waals surface area contributed by atoms with Gasteiger partial charge in [-0.25, -0.2) is 4.79 Å². The van der Waals surface area contributed by atoms with Gasteiger partial charge in [-0.05, 0) is 53.8 Å². The normalized spacial score (nSPS) is 19.7. The number of ether oxygens (including phenoxy) is 1. The van der Waals surface area contributed by atoms with Gasteiger partial charge < -0.3 is 15.2 Å². The summed E-state index contributed by atoms with van der Waals surface area (Å²) in [5.74, 6) is -1.38. The molecule has 2 aromatic carbocycles. The highest BCUT2D eigenvalue weighted by atomic mass is 35.5. The smallest absolute Gasteiger partial charge is 0.414 e. The van der Waals surface area contributed by atoms with E-state index in [1.165, 1.54) is 18.2 Å².